The highest BCUT2D eigenvalue weighted by molar-refractivity contribution is 5.68. The monoisotopic (exact) mass is 638 g/mol. The van der Waals surface area contributed by atoms with Gasteiger partial charge in [0.1, 0.15) is 17.2 Å². The second-order valence-corrected chi connectivity index (χ2v) is 11.6. The number of hydrogen-bond acceptors (Lipinski definition) is 6. The summed E-state index contributed by atoms with van der Waals surface area (Å²) in [7, 11) is 1.28. The van der Waals surface area contributed by atoms with Crippen LogP contribution in [0.1, 0.15) is 43.6 Å². The van der Waals surface area contributed by atoms with Gasteiger partial charge >= 0.3 is 11.8 Å². The van der Waals surface area contributed by atoms with E-state index in [0.717, 1.165) is 21.3 Å². The van der Waals surface area contributed by atoms with Crippen LogP contribution in [0.25, 0.3) is 11.1 Å². The molecule has 0 saturated heterocycles. The Morgan fingerprint density at radius 2 is 1.54 bits per heavy atom. The number of carbonyl (C=O) groups excluding carboxylic acids is 1. The minimum Gasteiger partial charge on any atom is -0.494 e. The van der Waals surface area contributed by atoms with E-state index in [1.54, 1.807) is 45.0 Å². The number of nitrogens with one attached hydrogen (secondary N) is 2. The molecule has 3 aromatic carbocycles. The van der Waals surface area contributed by atoms with Crippen molar-refractivity contribution in [2.45, 2.75) is 52.4 Å². The Hall–Kier alpha value is -4.84. The number of halogens is 3. The third-order valence-corrected chi connectivity index (χ3v) is 7.27. The van der Waals surface area contributed by atoms with E-state index in [1.807, 2.05) is 6.07 Å². The maximum Gasteiger partial charge on any atom is 0.407 e. The molecule has 46 heavy (non-hydrogen) atoms. The second kappa shape index (κ2) is 14.5. The van der Waals surface area contributed by atoms with E-state index in [-0.39, 0.29) is 47.8 Å². The lowest BCUT2D eigenvalue weighted by Gasteiger charge is -2.24. The van der Waals surface area contributed by atoms with Gasteiger partial charge in [-0.25, -0.2) is 22.8 Å². The summed E-state index contributed by atoms with van der Waals surface area (Å²) in [6, 6.07) is 15.9. The van der Waals surface area contributed by atoms with Crippen molar-refractivity contribution < 1.29 is 27.4 Å². The first-order valence-corrected chi connectivity index (χ1v) is 14.7. The van der Waals surface area contributed by atoms with Gasteiger partial charge in [0.15, 0.2) is 11.6 Å². The van der Waals surface area contributed by atoms with E-state index < -0.39 is 53.0 Å². The van der Waals surface area contributed by atoms with Gasteiger partial charge in [-0.2, -0.15) is 0 Å². The molecule has 0 aliphatic rings. The molecule has 244 valence electrons. The average molecular weight is 639 g/mol. The number of methoxy groups -OCH3 is 1. The molecule has 0 aliphatic carbocycles. The van der Waals surface area contributed by atoms with E-state index >= 15 is 4.39 Å². The van der Waals surface area contributed by atoms with Gasteiger partial charge < -0.3 is 20.1 Å². The largest absolute Gasteiger partial charge is 0.494 e. The maximum atomic E-state index is 15.6. The Labute approximate surface area is 264 Å². The summed E-state index contributed by atoms with van der Waals surface area (Å²) in [5.74, 6) is -2.70. The molecule has 0 aliphatic heterocycles. The molecule has 1 atom stereocenters. The number of amides is 1. The van der Waals surface area contributed by atoms with E-state index in [4.69, 9.17) is 9.47 Å². The van der Waals surface area contributed by atoms with Gasteiger partial charge in [0.25, 0.3) is 5.56 Å². The molecule has 0 radical (unpaired) electrons. The van der Waals surface area contributed by atoms with Crippen LogP contribution in [0, 0.1) is 24.4 Å². The number of nitrogens with zero attached hydrogens (tertiary/aromatic N) is 2. The average Bonchev–Trinajstić information content (AvgIpc) is 3.00. The van der Waals surface area contributed by atoms with E-state index in [2.05, 4.69) is 10.6 Å². The van der Waals surface area contributed by atoms with Crippen molar-refractivity contribution in [3.8, 4) is 16.9 Å². The van der Waals surface area contributed by atoms with Crippen LogP contribution in [0.3, 0.4) is 0 Å². The second-order valence-electron chi connectivity index (χ2n) is 11.6. The molecular weight excluding hydrogens is 601 g/mol. The molecule has 0 saturated carbocycles. The molecule has 9 nitrogen and oxygen atoms in total. The fourth-order valence-corrected chi connectivity index (χ4v) is 5.04. The van der Waals surface area contributed by atoms with Gasteiger partial charge in [0, 0.05) is 29.9 Å². The van der Waals surface area contributed by atoms with Crippen LogP contribution in [0.5, 0.6) is 5.75 Å². The number of rotatable bonds is 11. The first kappa shape index (κ1) is 34.0. The van der Waals surface area contributed by atoms with Crippen molar-refractivity contribution in [1.29, 1.82) is 0 Å². The molecule has 1 heterocycles. The van der Waals surface area contributed by atoms with Gasteiger partial charge in [-0.05, 0) is 51.5 Å². The number of benzene rings is 3. The lowest BCUT2D eigenvalue weighted by molar-refractivity contribution is 0.0528. The number of alkyl carbamates (subject to hydrolysis) is 1. The molecule has 0 spiro atoms. The summed E-state index contributed by atoms with van der Waals surface area (Å²) >= 11 is 0. The Morgan fingerprint density at radius 3 is 2.17 bits per heavy atom. The van der Waals surface area contributed by atoms with Gasteiger partial charge in [0.2, 0.25) is 0 Å². The minimum absolute atomic E-state index is 0.0202. The van der Waals surface area contributed by atoms with Crippen LogP contribution in [-0.2, 0) is 17.8 Å². The van der Waals surface area contributed by atoms with Crippen LogP contribution >= 0.6 is 0 Å². The zero-order chi connectivity index (χ0) is 33.6. The SMILES string of the molecule is COc1cccc(-c2c(C)n(Cc3c(F)cccc3F)c(=O)n(C[C@H](NCCNC(=O)OC(C)(C)C)c3ccccc3)c2=O)c1F. The van der Waals surface area contributed by atoms with Gasteiger partial charge in [-0.3, -0.25) is 13.9 Å². The van der Waals surface area contributed by atoms with E-state index in [9.17, 15) is 23.2 Å². The molecule has 1 aromatic heterocycles. The molecule has 0 fully saturated rings. The zero-order valence-electron chi connectivity index (χ0n) is 26.3. The third kappa shape index (κ3) is 7.86. The van der Waals surface area contributed by atoms with Crippen LogP contribution in [0.2, 0.25) is 0 Å². The highest BCUT2D eigenvalue weighted by atomic mass is 19.1. The van der Waals surface area contributed by atoms with Crippen molar-refractivity contribution in [1.82, 2.24) is 19.8 Å². The summed E-state index contributed by atoms with van der Waals surface area (Å²) in [5.41, 5.74) is -2.26. The molecule has 4 rings (SSSR count). The van der Waals surface area contributed by atoms with Gasteiger partial charge in [-0.15, -0.1) is 0 Å². The molecule has 2 N–H and O–H groups in total. The molecule has 0 unspecified atom stereocenters. The predicted octanol–water partition coefficient (Wildman–Crippen LogP) is 5.32. The van der Waals surface area contributed by atoms with Crippen LogP contribution in [-0.4, -0.2) is 41.0 Å². The predicted molar refractivity (Wildman–Crippen MR) is 169 cm³/mol. The summed E-state index contributed by atoms with van der Waals surface area (Å²) in [6.45, 7) is 6.27. The molecular formula is C34H37F3N4O5. The Balaban J connectivity index is 1.81. The molecule has 1 amide bonds. The molecule has 0 bridgehead atoms. The first-order valence-electron chi connectivity index (χ1n) is 14.7. The van der Waals surface area contributed by atoms with E-state index in [0.29, 0.717) is 5.56 Å². The summed E-state index contributed by atoms with van der Waals surface area (Å²) < 4.78 is 57.5. The quantitative estimate of drug-likeness (QED) is 0.216. The summed E-state index contributed by atoms with van der Waals surface area (Å²) in [6.07, 6.45) is -0.603. The topological polar surface area (TPSA) is 104 Å². The standard InChI is InChI=1S/C34H37F3N4O5/c1-21-29(23-13-9-16-28(45-5)30(23)37)31(42)41(33(44)40(21)19-24-25(35)14-10-15-26(24)36)20-27(22-11-7-6-8-12-22)38-17-18-39-32(43)46-34(2,3)4/h6-16,27,38H,17-20H2,1-5H3,(H,39,43)/t27-/m0/s1. The van der Waals surface area contributed by atoms with Crippen LogP contribution in [0.4, 0.5) is 18.0 Å². The lowest BCUT2D eigenvalue weighted by atomic mass is 10.0. The highest BCUT2D eigenvalue weighted by Gasteiger charge is 2.25. The number of carbonyl (C=O) groups is 1. The van der Waals surface area contributed by atoms with Crippen LogP contribution < -0.4 is 26.6 Å². The Kier molecular flexibility index (Phi) is 10.7. The minimum atomic E-state index is -0.875. The van der Waals surface area contributed by atoms with Crippen molar-refractivity contribution in [3.63, 3.8) is 0 Å². The van der Waals surface area contributed by atoms with Gasteiger partial charge in [0.05, 0.1) is 31.8 Å². The maximum absolute atomic E-state index is 15.6. The highest BCUT2D eigenvalue weighted by Crippen LogP contribution is 2.29. The summed E-state index contributed by atoms with van der Waals surface area (Å²) in [5, 5.41) is 5.91. The number of ether oxygens (including phenoxy) is 2. The fraction of sp³-hybridized carbons (Fsp3) is 0.324. The van der Waals surface area contributed by atoms with Crippen molar-refractivity contribution in [2.75, 3.05) is 20.2 Å². The number of hydrogen-bond donors (Lipinski definition) is 2. The third-order valence-electron chi connectivity index (χ3n) is 7.27. The van der Waals surface area contributed by atoms with E-state index in [1.165, 1.54) is 38.3 Å². The first-order chi connectivity index (χ1) is 21.8. The number of aromatic nitrogens is 2. The van der Waals surface area contributed by atoms with Crippen molar-refractivity contribution in [2.24, 2.45) is 0 Å². The Morgan fingerprint density at radius 1 is 0.891 bits per heavy atom. The normalized spacial score (nSPS) is 12.1. The lowest BCUT2D eigenvalue weighted by Crippen LogP contribution is -2.45. The van der Waals surface area contributed by atoms with Crippen molar-refractivity contribution in [3.05, 3.63) is 122 Å². The Bertz CT molecular complexity index is 1800. The molecule has 4 aromatic rings. The van der Waals surface area contributed by atoms with Crippen LogP contribution in [0.15, 0.2) is 76.3 Å². The smallest absolute Gasteiger partial charge is 0.407 e. The fourth-order valence-electron chi connectivity index (χ4n) is 5.04. The van der Waals surface area contributed by atoms with Crippen molar-refractivity contribution >= 4 is 6.09 Å². The zero-order valence-corrected chi connectivity index (χ0v) is 26.3. The summed E-state index contributed by atoms with van der Waals surface area (Å²) in [4.78, 5) is 40.2. The molecule has 12 heteroatoms. The van der Waals surface area contributed by atoms with Gasteiger partial charge in [-0.1, -0.05) is 48.5 Å².